The summed E-state index contributed by atoms with van der Waals surface area (Å²) in [5, 5.41) is 2.52. The van der Waals surface area contributed by atoms with Crippen LogP contribution in [0.5, 0.6) is 0 Å². The summed E-state index contributed by atoms with van der Waals surface area (Å²) in [5.41, 5.74) is 3.55. The summed E-state index contributed by atoms with van der Waals surface area (Å²) >= 11 is 0. The standard InChI is InChI=1S/C17H13NO2/c19-15-9-10-17(16(20)18-15)13-7-3-1-5-11(13)12-6-2-4-8-14(12)17/h1-8H,9-10H2,(H,18,19,20). The van der Waals surface area contributed by atoms with E-state index in [1.807, 2.05) is 48.5 Å². The molecule has 3 nitrogen and oxygen atoms in total. The summed E-state index contributed by atoms with van der Waals surface area (Å²) < 4.78 is 0. The number of piperidine rings is 1. The van der Waals surface area contributed by atoms with Gasteiger partial charge in [0.05, 0.1) is 0 Å². The number of fused-ring (bicyclic) bond motifs is 5. The lowest BCUT2D eigenvalue weighted by Gasteiger charge is -2.33. The summed E-state index contributed by atoms with van der Waals surface area (Å²) in [4.78, 5) is 24.1. The van der Waals surface area contributed by atoms with Crippen molar-refractivity contribution in [3.63, 3.8) is 0 Å². The number of hydrogen-bond acceptors (Lipinski definition) is 2. The average Bonchev–Trinajstić information content (AvgIpc) is 2.76. The Hall–Kier alpha value is -2.42. The van der Waals surface area contributed by atoms with Crippen LogP contribution in [0, 0.1) is 0 Å². The molecule has 2 aliphatic rings. The Morgan fingerprint density at radius 3 is 1.95 bits per heavy atom. The van der Waals surface area contributed by atoms with Crippen molar-refractivity contribution in [3.8, 4) is 11.1 Å². The van der Waals surface area contributed by atoms with Gasteiger partial charge >= 0.3 is 0 Å². The largest absolute Gasteiger partial charge is 0.295 e. The van der Waals surface area contributed by atoms with Gasteiger partial charge in [0.2, 0.25) is 11.8 Å². The van der Waals surface area contributed by atoms with Crippen LogP contribution in [0.25, 0.3) is 11.1 Å². The third-order valence-electron chi connectivity index (χ3n) is 4.43. The van der Waals surface area contributed by atoms with Crippen LogP contribution in [-0.4, -0.2) is 11.8 Å². The van der Waals surface area contributed by atoms with E-state index in [-0.39, 0.29) is 11.8 Å². The third-order valence-corrected chi connectivity index (χ3v) is 4.43. The molecule has 1 heterocycles. The first-order valence-electron chi connectivity index (χ1n) is 6.77. The smallest absolute Gasteiger partial charge is 0.241 e. The van der Waals surface area contributed by atoms with Crippen LogP contribution >= 0.6 is 0 Å². The van der Waals surface area contributed by atoms with Crippen molar-refractivity contribution in [2.24, 2.45) is 0 Å². The molecule has 2 aromatic carbocycles. The second kappa shape index (κ2) is 3.79. The Kier molecular flexibility index (Phi) is 2.16. The lowest BCUT2D eigenvalue weighted by Crippen LogP contribution is -2.51. The average molecular weight is 263 g/mol. The molecule has 0 bridgehead atoms. The van der Waals surface area contributed by atoms with Crippen molar-refractivity contribution < 1.29 is 9.59 Å². The van der Waals surface area contributed by atoms with E-state index < -0.39 is 5.41 Å². The molecule has 0 radical (unpaired) electrons. The van der Waals surface area contributed by atoms with Gasteiger partial charge < -0.3 is 0 Å². The molecule has 0 saturated carbocycles. The minimum Gasteiger partial charge on any atom is -0.295 e. The number of benzene rings is 2. The maximum atomic E-state index is 12.6. The van der Waals surface area contributed by atoms with Crippen molar-refractivity contribution in [2.45, 2.75) is 18.3 Å². The van der Waals surface area contributed by atoms with Gasteiger partial charge in [-0.15, -0.1) is 0 Å². The molecule has 0 unspecified atom stereocenters. The van der Waals surface area contributed by atoms with Crippen LogP contribution in [0.2, 0.25) is 0 Å². The van der Waals surface area contributed by atoms with Gasteiger partial charge in [-0.05, 0) is 28.7 Å². The molecule has 1 spiro atoms. The summed E-state index contributed by atoms with van der Waals surface area (Å²) in [6.45, 7) is 0. The van der Waals surface area contributed by atoms with Gasteiger partial charge in [-0.25, -0.2) is 0 Å². The van der Waals surface area contributed by atoms with E-state index in [1.54, 1.807) is 0 Å². The van der Waals surface area contributed by atoms with Crippen molar-refractivity contribution in [3.05, 3.63) is 59.7 Å². The van der Waals surface area contributed by atoms with Crippen molar-refractivity contribution in [2.75, 3.05) is 0 Å². The number of carbonyl (C=O) groups is 2. The highest BCUT2D eigenvalue weighted by molar-refractivity contribution is 6.09. The predicted molar refractivity (Wildman–Crippen MR) is 75.0 cm³/mol. The minimum absolute atomic E-state index is 0.178. The van der Waals surface area contributed by atoms with E-state index in [1.165, 1.54) is 0 Å². The van der Waals surface area contributed by atoms with E-state index in [2.05, 4.69) is 5.32 Å². The zero-order valence-electron chi connectivity index (χ0n) is 10.8. The second-order valence-electron chi connectivity index (χ2n) is 5.37. The number of carbonyl (C=O) groups excluding carboxylic acids is 2. The molecule has 2 amide bonds. The Bertz CT molecular complexity index is 703. The lowest BCUT2D eigenvalue weighted by molar-refractivity contribution is -0.136. The van der Waals surface area contributed by atoms with Gasteiger partial charge in [-0.1, -0.05) is 48.5 Å². The van der Waals surface area contributed by atoms with Gasteiger partial charge in [0.1, 0.15) is 5.41 Å². The van der Waals surface area contributed by atoms with Crippen LogP contribution in [0.1, 0.15) is 24.0 Å². The van der Waals surface area contributed by atoms with E-state index in [0.29, 0.717) is 12.8 Å². The number of rotatable bonds is 0. The maximum Gasteiger partial charge on any atom is 0.241 e. The van der Waals surface area contributed by atoms with Crippen LogP contribution in [-0.2, 0) is 15.0 Å². The van der Waals surface area contributed by atoms with Gasteiger partial charge in [0.25, 0.3) is 0 Å². The molecule has 1 saturated heterocycles. The zero-order chi connectivity index (χ0) is 13.7. The number of amides is 2. The topological polar surface area (TPSA) is 46.2 Å². The van der Waals surface area contributed by atoms with Crippen LogP contribution in [0.4, 0.5) is 0 Å². The van der Waals surface area contributed by atoms with E-state index in [4.69, 9.17) is 0 Å². The quantitative estimate of drug-likeness (QED) is 0.742. The second-order valence-corrected chi connectivity index (χ2v) is 5.37. The molecule has 1 fully saturated rings. The number of nitrogens with one attached hydrogen (secondary N) is 1. The molecule has 98 valence electrons. The highest BCUT2D eigenvalue weighted by Gasteiger charge is 2.51. The maximum absolute atomic E-state index is 12.6. The van der Waals surface area contributed by atoms with Gasteiger partial charge in [0.15, 0.2) is 0 Å². The van der Waals surface area contributed by atoms with Gasteiger partial charge in [0, 0.05) is 6.42 Å². The molecule has 1 aliphatic heterocycles. The Morgan fingerprint density at radius 2 is 1.40 bits per heavy atom. The molecule has 20 heavy (non-hydrogen) atoms. The first kappa shape index (κ1) is 11.4. The van der Waals surface area contributed by atoms with Crippen LogP contribution < -0.4 is 5.32 Å². The lowest BCUT2D eigenvalue weighted by atomic mass is 9.72. The fourth-order valence-corrected chi connectivity index (χ4v) is 3.55. The molecule has 4 rings (SSSR count). The van der Waals surface area contributed by atoms with Crippen molar-refractivity contribution in [1.29, 1.82) is 0 Å². The SMILES string of the molecule is O=C1CCC2(C(=O)N1)c1ccccc1-c1ccccc12. The molecular formula is C17H13NO2. The minimum atomic E-state index is -0.693. The molecule has 2 aromatic rings. The molecule has 0 atom stereocenters. The first-order valence-corrected chi connectivity index (χ1v) is 6.77. The Morgan fingerprint density at radius 1 is 0.850 bits per heavy atom. The summed E-state index contributed by atoms with van der Waals surface area (Å²) in [6.07, 6.45) is 0.931. The Balaban J connectivity index is 2.05. The van der Waals surface area contributed by atoms with E-state index in [0.717, 1.165) is 22.3 Å². The number of imide groups is 1. The van der Waals surface area contributed by atoms with Crippen molar-refractivity contribution >= 4 is 11.8 Å². The van der Waals surface area contributed by atoms with Gasteiger partial charge in [-0.2, -0.15) is 0 Å². The normalized spacial score (nSPS) is 18.6. The summed E-state index contributed by atoms with van der Waals surface area (Å²) in [6, 6.07) is 16.0. The fraction of sp³-hybridized carbons (Fsp3) is 0.176. The monoisotopic (exact) mass is 263 g/mol. The molecular weight excluding hydrogens is 250 g/mol. The molecule has 3 heteroatoms. The summed E-state index contributed by atoms with van der Waals surface area (Å²) in [5.74, 6) is -0.367. The van der Waals surface area contributed by atoms with E-state index >= 15 is 0 Å². The highest BCUT2D eigenvalue weighted by atomic mass is 16.2. The third kappa shape index (κ3) is 1.24. The fourth-order valence-electron chi connectivity index (χ4n) is 3.55. The Labute approximate surface area is 116 Å². The highest BCUT2D eigenvalue weighted by Crippen LogP contribution is 2.52. The molecule has 1 aliphatic carbocycles. The number of hydrogen-bond donors (Lipinski definition) is 1. The van der Waals surface area contributed by atoms with E-state index in [9.17, 15) is 9.59 Å². The van der Waals surface area contributed by atoms with Crippen LogP contribution in [0.3, 0.4) is 0 Å². The zero-order valence-corrected chi connectivity index (χ0v) is 10.8. The van der Waals surface area contributed by atoms with Crippen LogP contribution in [0.15, 0.2) is 48.5 Å². The summed E-state index contributed by atoms with van der Waals surface area (Å²) in [7, 11) is 0. The first-order chi connectivity index (χ1) is 9.73. The molecule has 0 aromatic heterocycles. The molecule has 1 N–H and O–H groups in total. The van der Waals surface area contributed by atoms with Gasteiger partial charge in [-0.3, -0.25) is 14.9 Å². The van der Waals surface area contributed by atoms with Crippen molar-refractivity contribution in [1.82, 2.24) is 5.32 Å². The predicted octanol–water partition coefficient (Wildman–Crippen LogP) is 2.39.